The Balaban J connectivity index is 2.83. The van der Waals surface area contributed by atoms with Crippen molar-refractivity contribution in [3.05, 3.63) is 0 Å². The van der Waals surface area contributed by atoms with Gasteiger partial charge in [0.2, 0.25) is 0 Å². The van der Waals surface area contributed by atoms with Gasteiger partial charge in [-0.1, -0.05) is 12.8 Å². The van der Waals surface area contributed by atoms with Gasteiger partial charge in [0.15, 0.2) is 5.92 Å². The SMILES string of the molecule is FC(F)(F)CC1CCCC(C(C(F)(F)F)C(F)(F)F)C1. The molecule has 1 aliphatic rings. The molecule has 0 N–H and O–H groups in total. The summed E-state index contributed by atoms with van der Waals surface area (Å²) in [6.45, 7) is 0. The van der Waals surface area contributed by atoms with Gasteiger partial charge in [0, 0.05) is 6.42 Å². The van der Waals surface area contributed by atoms with Crippen LogP contribution in [0.5, 0.6) is 0 Å². The molecule has 0 aromatic rings. The Morgan fingerprint density at radius 3 is 1.70 bits per heavy atom. The molecule has 9 heteroatoms. The molecule has 0 aliphatic heterocycles. The molecule has 0 amide bonds. The Kier molecular flexibility index (Phi) is 4.91. The van der Waals surface area contributed by atoms with Crippen LogP contribution in [0.1, 0.15) is 32.1 Å². The van der Waals surface area contributed by atoms with Crippen molar-refractivity contribution in [2.75, 3.05) is 0 Å². The van der Waals surface area contributed by atoms with Gasteiger partial charge < -0.3 is 0 Å². The van der Waals surface area contributed by atoms with Crippen molar-refractivity contribution >= 4 is 0 Å². The fourth-order valence-corrected chi connectivity index (χ4v) is 2.87. The van der Waals surface area contributed by atoms with Gasteiger partial charge in [-0.25, -0.2) is 0 Å². The molecule has 2 unspecified atom stereocenters. The van der Waals surface area contributed by atoms with Crippen molar-refractivity contribution in [1.82, 2.24) is 0 Å². The molecule has 0 nitrogen and oxygen atoms in total. The molecule has 1 rings (SSSR count). The molecule has 20 heavy (non-hydrogen) atoms. The lowest BCUT2D eigenvalue weighted by atomic mass is 9.73. The van der Waals surface area contributed by atoms with E-state index in [1.165, 1.54) is 0 Å². The topological polar surface area (TPSA) is 0 Å². The summed E-state index contributed by atoms with van der Waals surface area (Å²) in [4.78, 5) is 0. The smallest absolute Gasteiger partial charge is 0.171 e. The minimum atomic E-state index is -5.48. The average molecular weight is 316 g/mol. The number of hydrogen-bond acceptors (Lipinski definition) is 0. The van der Waals surface area contributed by atoms with E-state index in [4.69, 9.17) is 0 Å². The summed E-state index contributed by atoms with van der Waals surface area (Å²) in [6.07, 6.45) is -17.9. The van der Waals surface area contributed by atoms with Crippen molar-refractivity contribution < 1.29 is 39.5 Å². The van der Waals surface area contributed by atoms with E-state index >= 15 is 0 Å². The highest BCUT2D eigenvalue weighted by Crippen LogP contribution is 2.50. The number of hydrogen-bond donors (Lipinski definition) is 0. The maximum atomic E-state index is 12.5. The maximum absolute atomic E-state index is 12.5. The molecule has 0 aromatic carbocycles. The van der Waals surface area contributed by atoms with Gasteiger partial charge in [0.25, 0.3) is 0 Å². The molecule has 1 saturated carbocycles. The zero-order valence-corrected chi connectivity index (χ0v) is 10.2. The van der Waals surface area contributed by atoms with Crippen molar-refractivity contribution in [3.63, 3.8) is 0 Å². The van der Waals surface area contributed by atoms with Gasteiger partial charge in [0.1, 0.15) is 0 Å². The van der Waals surface area contributed by atoms with E-state index in [9.17, 15) is 39.5 Å². The average Bonchev–Trinajstić information content (AvgIpc) is 2.09. The van der Waals surface area contributed by atoms with Crippen LogP contribution >= 0.6 is 0 Å². The summed E-state index contributed by atoms with van der Waals surface area (Å²) in [7, 11) is 0. The van der Waals surface area contributed by atoms with E-state index in [0.717, 1.165) is 0 Å². The molecule has 0 spiro atoms. The standard InChI is InChI=1S/C11H13F9/c12-9(13,14)5-6-2-1-3-7(4-6)8(10(15,16)17)11(18,19)20/h6-8H,1-5H2. The summed E-state index contributed by atoms with van der Waals surface area (Å²) in [5.41, 5.74) is 0. The van der Waals surface area contributed by atoms with Crippen LogP contribution in [0.3, 0.4) is 0 Å². The molecular formula is C11H13F9. The van der Waals surface area contributed by atoms with Crippen LogP contribution in [0.4, 0.5) is 39.5 Å². The first-order valence-electron chi connectivity index (χ1n) is 6.01. The molecule has 1 fully saturated rings. The molecule has 0 heterocycles. The first kappa shape index (κ1) is 17.4. The van der Waals surface area contributed by atoms with E-state index in [2.05, 4.69) is 0 Å². The zero-order chi connectivity index (χ0) is 15.8. The normalized spacial score (nSPS) is 26.1. The van der Waals surface area contributed by atoms with Crippen LogP contribution in [0.2, 0.25) is 0 Å². The Morgan fingerprint density at radius 1 is 0.800 bits per heavy atom. The van der Waals surface area contributed by atoms with Crippen LogP contribution in [-0.2, 0) is 0 Å². The van der Waals surface area contributed by atoms with Gasteiger partial charge in [-0.15, -0.1) is 0 Å². The Hall–Kier alpha value is -0.630. The third-order valence-corrected chi connectivity index (χ3v) is 3.52. The van der Waals surface area contributed by atoms with Crippen molar-refractivity contribution in [2.24, 2.45) is 17.8 Å². The third kappa shape index (κ3) is 5.05. The minimum Gasteiger partial charge on any atom is -0.171 e. The predicted octanol–water partition coefficient (Wildman–Crippen LogP) is 5.49. The lowest BCUT2D eigenvalue weighted by Gasteiger charge is -2.36. The van der Waals surface area contributed by atoms with E-state index in [0.29, 0.717) is 0 Å². The predicted molar refractivity (Wildman–Crippen MR) is 51.7 cm³/mol. The number of halogens is 9. The lowest BCUT2D eigenvalue weighted by molar-refractivity contribution is -0.302. The summed E-state index contributed by atoms with van der Waals surface area (Å²) >= 11 is 0. The molecule has 2 atom stereocenters. The van der Waals surface area contributed by atoms with Crippen LogP contribution in [0, 0.1) is 17.8 Å². The first-order chi connectivity index (χ1) is 8.81. The quantitative estimate of drug-likeness (QED) is 0.591. The van der Waals surface area contributed by atoms with Gasteiger partial charge in [-0.2, -0.15) is 39.5 Å². The molecule has 120 valence electrons. The molecule has 0 saturated heterocycles. The Bertz CT molecular complexity index is 297. The van der Waals surface area contributed by atoms with E-state index in [1.54, 1.807) is 0 Å². The summed E-state index contributed by atoms with van der Waals surface area (Å²) < 4.78 is 112. The lowest BCUT2D eigenvalue weighted by Crippen LogP contribution is -2.43. The molecular weight excluding hydrogens is 303 g/mol. The van der Waals surface area contributed by atoms with E-state index < -0.39 is 49.1 Å². The largest absolute Gasteiger partial charge is 0.400 e. The monoisotopic (exact) mass is 316 g/mol. The van der Waals surface area contributed by atoms with Crippen molar-refractivity contribution in [1.29, 1.82) is 0 Å². The van der Waals surface area contributed by atoms with E-state index in [-0.39, 0.29) is 19.3 Å². The highest BCUT2D eigenvalue weighted by molar-refractivity contribution is 4.87. The Labute approximate surface area is 109 Å². The minimum absolute atomic E-state index is 0.0123. The van der Waals surface area contributed by atoms with Gasteiger partial charge >= 0.3 is 18.5 Å². The van der Waals surface area contributed by atoms with E-state index in [1.807, 2.05) is 0 Å². The van der Waals surface area contributed by atoms with Crippen molar-refractivity contribution in [2.45, 2.75) is 50.6 Å². The fraction of sp³-hybridized carbons (Fsp3) is 1.00. The van der Waals surface area contributed by atoms with Gasteiger partial charge in [-0.3, -0.25) is 0 Å². The summed E-state index contributed by atoms with van der Waals surface area (Å²) in [5, 5.41) is 0. The second kappa shape index (κ2) is 5.63. The molecule has 0 bridgehead atoms. The van der Waals surface area contributed by atoms with Crippen LogP contribution in [0.15, 0.2) is 0 Å². The van der Waals surface area contributed by atoms with Gasteiger partial charge in [-0.05, 0) is 24.7 Å². The zero-order valence-electron chi connectivity index (χ0n) is 10.2. The highest BCUT2D eigenvalue weighted by Gasteiger charge is 2.60. The second-order valence-corrected chi connectivity index (χ2v) is 5.17. The number of alkyl halides is 9. The maximum Gasteiger partial charge on any atom is 0.400 e. The first-order valence-corrected chi connectivity index (χ1v) is 6.01. The highest BCUT2D eigenvalue weighted by atomic mass is 19.4. The molecule has 0 radical (unpaired) electrons. The molecule has 0 aromatic heterocycles. The summed E-state index contributed by atoms with van der Waals surface area (Å²) in [5.74, 6) is -6.52. The fourth-order valence-electron chi connectivity index (χ4n) is 2.87. The van der Waals surface area contributed by atoms with Crippen LogP contribution in [0.25, 0.3) is 0 Å². The Morgan fingerprint density at radius 2 is 1.30 bits per heavy atom. The van der Waals surface area contributed by atoms with Crippen molar-refractivity contribution in [3.8, 4) is 0 Å². The second-order valence-electron chi connectivity index (χ2n) is 5.17. The molecule has 1 aliphatic carbocycles. The number of rotatable bonds is 2. The van der Waals surface area contributed by atoms with Crippen LogP contribution < -0.4 is 0 Å². The van der Waals surface area contributed by atoms with Gasteiger partial charge in [0.05, 0.1) is 0 Å². The van der Waals surface area contributed by atoms with Crippen LogP contribution in [-0.4, -0.2) is 18.5 Å². The summed E-state index contributed by atoms with van der Waals surface area (Å²) in [6, 6.07) is 0. The third-order valence-electron chi connectivity index (χ3n) is 3.52.